The van der Waals surface area contributed by atoms with Crippen LogP contribution in [0.1, 0.15) is 0 Å². The molecule has 1 aromatic rings. The molecule has 0 fully saturated rings. The largest absolute Gasteiger partial charge is 0.538 e. The fourth-order valence-electron chi connectivity index (χ4n) is 1.76. The summed E-state index contributed by atoms with van der Waals surface area (Å²) in [5.41, 5.74) is 5.69. The molecule has 0 saturated carbocycles. The highest BCUT2D eigenvalue weighted by Crippen LogP contribution is 2.40. The molecule has 135 valence electrons. The van der Waals surface area contributed by atoms with Gasteiger partial charge in [0.25, 0.3) is 25.0 Å². The normalized spacial score (nSPS) is 12.3. The summed E-state index contributed by atoms with van der Waals surface area (Å²) in [5, 5.41) is 0.830. The molecule has 0 aliphatic heterocycles. The van der Waals surface area contributed by atoms with Crippen molar-refractivity contribution in [1.29, 1.82) is 0 Å². The summed E-state index contributed by atoms with van der Waals surface area (Å²) in [6.07, 6.45) is 0. The molecule has 0 unspecified atom stereocenters. The summed E-state index contributed by atoms with van der Waals surface area (Å²) in [4.78, 5) is 0. The monoisotopic (exact) mass is 405 g/mol. The Bertz CT molecular complexity index is 667. The van der Waals surface area contributed by atoms with Crippen molar-refractivity contribution in [2.24, 2.45) is 0 Å². The first kappa shape index (κ1) is 21.7. The zero-order valence-electron chi connectivity index (χ0n) is 16.2. The molecule has 0 spiro atoms. The summed E-state index contributed by atoms with van der Waals surface area (Å²) in [6.45, 7) is 24.2. The van der Waals surface area contributed by atoms with Crippen LogP contribution in [0.2, 0.25) is 39.3 Å². The zero-order chi connectivity index (χ0) is 19.5. The second-order valence-corrected chi connectivity index (χ2v) is 19.5. The minimum Gasteiger partial charge on any atom is -0.538 e. The van der Waals surface area contributed by atoms with Crippen molar-refractivity contribution in [2.45, 2.75) is 39.3 Å². The molecule has 7 heteroatoms. The van der Waals surface area contributed by atoms with Crippen LogP contribution in [-0.4, -0.2) is 35.2 Å². The number of benzene rings is 1. The summed E-state index contributed by atoms with van der Waals surface area (Å²) in [5.74, 6) is 1.99. The average molecular weight is 406 g/mol. The lowest BCUT2D eigenvalue weighted by atomic mass is 10.3. The molecule has 0 aromatic heterocycles. The van der Waals surface area contributed by atoms with Gasteiger partial charge in [-0.2, -0.15) is 0 Å². The van der Waals surface area contributed by atoms with E-state index in [1.54, 1.807) is 0 Å². The standard InChI is InChI=1S/C18H29O3Si4/c1-10-23(4,5)19-15-13-14-16(22)18(21-25(8,9)12-3)17(15)20-24(6,7)11-2/h10-14H,1-3H2,4-9H3. The average Bonchev–Trinajstić information content (AvgIpc) is 2.53. The molecule has 1 rings (SSSR count). The van der Waals surface area contributed by atoms with Gasteiger partial charge in [-0.05, 0) is 50.5 Å². The Kier molecular flexibility index (Phi) is 6.91. The SMILES string of the molecule is C=C[Si](C)(C)Oc1ccc([Si])c(O[Si](C)(C)C=C)c1O[Si](C)(C)C=C. The smallest absolute Gasteiger partial charge is 0.269 e. The Morgan fingerprint density at radius 1 is 0.720 bits per heavy atom. The Balaban J connectivity index is 3.54. The predicted molar refractivity (Wildman–Crippen MR) is 117 cm³/mol. The van der Waals surface area contributed by atoms with E-state index in [9.17, 15) is 0 Å². The van der Waals surface area contributed by atoms with Gasteiger partial charge in [0.1, 0.15) is 11.5 Å². The predicted octanol–water partition coefficient (Wildman–Crippen LogP) is 4.41. The third kappa shape index (κ3) is 6.18. The Morgan fingerprint density at radius 2 is 1.12 bits per heavy atom. The Hall–Kier alpha value is -1.29. The van der Waals surface area contributed by atoms with Crippen LogP contribution in [-0.2, 0) is 0 Å². The first-order valence-corrected chi connectivity index (χ1v) is 17.7. The van der Waals surface area contributed by atoms with Crippen molar-refractivity contribution in [1.82, 2.24) is 0 Å². The van der Waals surface area contributed by atoms with Crippen LogP contribution in [0.25, 0.3) is 0 Å². The molecular weight excluding hydrogens is 377 g/mol. The van der Waals surface area contributed by atoms with Crippen molar-refractivity contribution < 1.29 is 13.3 Å². The molecule has 3 radical (unpaired) electrons. The minimum absolute atomic E-state index is 0.633. The van der Waals surface area contributed by atoms with E-state index in [2.05, 4.69) is 69.3 Å². The van der Waals surface area contributed by atoms with E-state index in [1.807, 2.05) is 29.2 Å². The number of hydrogen-bond donors (Lipinski definition) is 0. The van der Waals surface area contributed by atoms with E-state index in [1.165, 1.54) is 0 Å². The van der Waals surface area contributed by atoms with Crippen LogP contribution in [0, 0.1) is 0 Å². The molecule has 25 heavy (non-hydrogen) atoms. The van der Waals surface area contributed by atoms with Crippen LogP contribution >= 0.6 is 0 Å². The molecule has 3 nitrogen and oxygen atoms in total. The van der Waals surface area contributed by atoms with Crippen LogP contribution in [0.15, 0.2) is 49.0 Å². The molecule has 0 heterocycles. The van der Waals surface area contributed by atoms with Crippen molar-refractivity contribution in [2.75, 3.05) is 0 Å². The molecule has 0 bridgehead atoms. The third-order valence-electron chi connectivity index (χ3n) is 3.65. The second kappa shape index (κ2) is 7.94. The third-order valence-corrected chi connectivity index (χ3v) is 9.20. The first-order valence-electron chi connectivity index (χ1n) is 8.23. The molecule has 0 N–H and O–H groups in total. The molecule has 0 atom stereocenters. The van der Waals surface area contributed by atoms with Gasteiger partial charge in [0, 0.05) is 0 Å². The molecule has 0 aliphatic rings. The van der Waals surface area contributed by atoms with Gasteiger partial charge in [0.15, 0.2) is 5.75 Å². The van der Waals surface area contributed by atoms with Gasteiger partial charge in [0.2, 0.25) is 0 Å². The minimum atomic E-state index is -2.11. The first-order chi connectivity index (χ1) is 11.4. The van der Waals surface area contributed by atoms with Gasteiger partial charge in [-0.15, -0.1) is 19.7 Å². The van der Waals surface area contributed by atoms with Crippen molar-refractivity contribution in [3.8, 4) is 17.2 Å². The van der Waals surface area contributed by atoms with E-state index >= 15 is 0 Å². The molecule has 1 aromatic carbocycles. The lowest BCUT2D eigenvalue weighted by Crippen LogP contribution is -2.37. The summed E-state index contributed by atoms with van der Waals surface area (Å²) < 4.78 is 19.0. The molecule has 0 aliphatic carbocycles. The number of hydrogen-bond acceptors (Lipinski definition) is 3. The fraction of sp³-hybridized carbons (Fsp3) is 0.333. The van der Waals surface area contributed by atoms with E-state index in [0.717, 1.165) is 5.19 Å². The van der Waals surface area contributed by atoms with Gasteiger partial charge in [-0.3, -0.25) is 0 Å². The highest BCUT2D eigenvalue weighted by atomic mass is 28.4. The Labute approximate surface area is 159 Å². The Morgan fingerprint density at radius 3 is 1.56 bits per heavy atom. The van der Waals surface area contributed by atoms with Gasteiger partial charge in [0.05, 0.1) is 10.2 Å². The van der Waals surface area contributed by atoms with Crippen molar-refractivity contribution in [3.05, 3.63) is 49.0 Å². The van der Waals surface area contributed by atoms with Crippen molar-refractivity contribution in [3.63, 3.8) is 0 Å². The van der Waals surface area contributed by atoms with Crippen LogP contribution in [0.4, 0.5) is 0 Å². The lowest BCUT2D eigenvalue weighted by Gasteiger charge is -2.31. The molecule has 0 amide bonds. The van der Waals surface area contributed by atoms with Gasteiger partial charge in [-0.1, -0.05) is 23.2 Å². The molecule has 0 saturated heterocycles. The highest BCUT2D eigenvalue weighted by molar-refractivity contribution is 6.78. The maximum atomic E-state index is 6.39. The zero-order valence-corrected chi connectivity index (χ0v) is 20.2. The van der Waals surface area contributed by atoms with Gasteiger partial charge >= 0.3 is 0 Å². The van der Waals surface area contributed by atoms with E-state index in [0.29, 0.717) is 17.2 Å². The fourth-order valence-corrected chi connectivity index (χ4v) is 4.53. The quantitative estimate of drug-likeness (QED) is 0.570. The maximum Gasteiger partial charge on any atom is 0.269 e. The molecular formula is C18H29O3Si4. The number of rotatable bonds is 9. The van der Waals surface area contributed by atoms with E-state index in [4.69, 9.17) is 13.3 Å². The maximum absolute atomic E-state index is 6.39. The highest BCUT2D eigenvalue weighted by Gasteiger charge is 2.31. The second-order valence-electron chi connectivity index (χ2n) is 7.50. The van der Waals surface area contributed by atoms with Crippen LogP contribution in [0.3, 0.4) is 0 Å². The summed E-state index contributed by atoms with van der Waals surface area (Å²) in [6, 6.07) is 3.84. The van der Waals surface area contributed by atoms with Crippen molar-refractivity contribution >= 4 is 40.4 Å². The van der Waals surface area contributed by atoms with E-state index in [-0.39, 0.29) is 0 Å². The summed E-state index contributed by atoms with van der Waals surface area (Å²) >= 11 is 0. The van der Waals surface area contributed by atoms with Crippen LogP contribution in [0.5, 0.6) is 17.2 Å². The summed E-state index contributed by atoms with van der Waals surface area (Å²) in [7, 11) is -2.59. The lowest BCUT2D eigenvalue weighted by molar-refractivity contribution is 0.461. The van der Waals surface area contributed by atoms with Gasteiger partial charge < -0.3 is 13.3 Å². The van der Waals surface area contributed by atoms with E-state index < -0.39 is 25.0 Å². The topological polar surface area (TPSA) is 27.7 Å². The van der Waals surface area contributed by atoms with Gasteiger partial charge in [-0.25, -0.2) is 0 Å². The van der Waals surface area contributed by atoms with Crippen LogP contribution < -0.4 is 18.5 Å².